The van der Waals surface area contributed by atoms with E-state index in [9.17, 15) is 21.6 Å². The van der Waals surface area contributed by atoms with Crippen molar-refractivity contribution in [3.63, 3.8) is 0 Å². The topological polar surface area (TPSA) is 119 Å². The van der Waals surface area contributed by atoms with Crippen molar-refractivity contribution in [1.29, 1.82) is 0 Å². The molecular weight excluding hydrogens is 472 g/mol. The molecule has 2 atom stereocenters. The molecule has 1 aromatic heterocycles. The van der Waals surface area contributed by atoms with Gasteiger partial charge in [0.2, 0.25) is 5.91 Å². The number of nitrogens with zero attached hydrogens (tertiary/aromatic N) is 4. The van der Waals surface area contributed by atoms with Gasteiger partial charge in [0.05, 0.1) is 34.8 Å². The number of para-hydroxylation sites is 1. The Morgan fingerprint density at radius 1 is 1.06 bits per heavy atom. The maximum Gasteiger partial charge on any atom is 0.237 e. The van der Waals surface area contributed by atoms with Crippen LogP contribution in [0.15, 0.2) is 35.5 Å². The number of anilines is 1. The predicted octanol–water partition coefficient (Wildman–Crippen LogP) is 1.10. The second kappa shape index (κ2) is 9.14. The van der Waals surface area contributed by atoms with Gasteiger partial charge in [0.15, 0.2) is 24.8 Å². The molecule has 0 radical (unpaired) electrons. The van der Waals surface area contributed by atoms with Crippen LogP contribution in [-0.4, -0.2) is 72.3 Å². The molecule has 0 unspecified atom stereocenters. The summed E-state index contributed by atoms with van der Waals surface area (Å²) in [7, 11) is -4.28. The molecule has 0 aliphatic carbocycles. The first-order valence-electron chi connectivity index (χ1n) is 10.4. The van der Waals surface area contributed by atoms with Crippen LogP contribution < -0.4 is 4.90 Å². The molecule has 0 bridgehead atoms. The Kier molecular flexibility index (Phi) is 6.64. The minimum absolute atomic E-state index is 0.0310. The normalized spacial score (nSPS) is 23.9. The van der Waals surface area contributed by atoms with Crippen LogP contribution >= 0.6 is 11.8 Å². The zero-order valence-corrected chi connectivity index (χ0v) is 20.2. The molecule has 3 heterocycles. The average molecular weight is 499 g/mol. The molecular formula is C20H26N4O5S3. The smallest absolute Gasteiger partial charge is 0.237 e. The molecule has 1 amide bonds. The lowest BCUT2D eigenvalue weighted by Gasteiger charge is -2.28. The van der Waals surface area contributed by atoms with Crippen LogP contribution in [0.4, 0.5) is 5.69 Å². The lowest BCUT2D eigenvalue weighted by molar-refractivity contribution is -0.116. The zero-order valence-electron chi connectivity index (χ0n) is 17.8. The fraction of sp³-hybridized carbons (Fsp3) is 0.550. The Morgan fingerprint density at radius 2 is 1.75 bits per heavy atom. The Labute approximate surface area is 192 Å². The molecule has 2 aromatic rings. The van der Waals surface area contributed by atoms with Crippen LogP contribution in [-0.2, 0) is 37.9 Å². The van der Waals surface area contributed by atoms with Crippen LogP contribution in [0, 0.1) is 5.92 Å². The molecule has 12 heteroatoms. The van der Waals surface area contributed by atoms with Gasteiger partial charge in [-0.2, -0.15) is 0 Å². The Hall–Kier alpha value is -1.92. The van der Waals surface area contributed by atoms with Gasteiger partial charge >= 0.3 is 0 Å². The van der Waals surface area contributed by atoms with Gasteiger partial charge in [0.25, 0.3) is 0 Å². The number of rotatable bonds is 7. The predicted molar refractivity (Wildman–Crippen MR) is 123 cm³/mol. The minimum Gasteiger partial charge on any atom is -0.309 e. The highest BCUT2D eigenvalue weighted by Gasteiger charge is 2.35. The molecule has 0 spiro atoms. The molecule has 0 saturated carbocycles. The number of hydrogen-bond donors (Lipinski definition) is 0. The van der Waals surface area contributed by atoms with E-state index >= 15 is 0 Å². The van der Waals surface area contributed by atoms with E-state index < -0.39 is 19.7 Å². The number of benzene rings is 1. The van der Waals surface area contributed by atoms with Gasteiger partial charge in [-0.1, -0.05) is 30.0 Å². The van der Waals surface area contributed by atoms with Crippen molar-refractivity contribution in [3.8, 4) is 0 Å². The van der Waals surface area contributed by atoms with Crippen LogP contribution in [0.25, 0.3) is 0 Å². The van der Waals surface area contributed by atoms with E-state index in [1.807, 2.05) is 37.4 Å². The molecule has 4 rings (SSSR count). The minimum atomic E-state index is -3.14. The van der Waals surface area contributed by atoms with Crippen LogP contribution in [0.1, 0.15) is 18.7 Å². The van der Waals surface area contributed by atoms with Crippen LogP contribution in [0.2, 0.25) is 0 Å². The van der Waals surface area contributed by atoms with Gasteiger partial charge < -0.3 is 9.47 Å². The van der Waals surface area contributed by atoms with Crippen molar-refractivity contribution in [1.82, 2.24) is 14.8 Å². The van der Waals surface area contributed by atoms with Crippen molar-refractivity contribution in [2.75, 3.05) is 33.7 Å². The summed E-state index contributed by atoms with van der Waals surface area (Å²) >= 11 is 1.25. The van der Waals surface area contributed by atoms with E-state index in [2.05, 4.69) is 10.2 Å². The third-order valence-electron chi connectivity index (χ3n) is 5.92. The summed E-state index contributed by atoms with van der Waals surface area (Å²) < 4.78 is 49.2. The first kappa shape index (κ1) is 23.2. The Balaban J connectivity index is 1.44. The molecule has 174 valence electrons. The molecule has 0 N–H and O–H groups in total. The summed E-state index contributed by atoms with van der Waals surface area (Å²) in [6, 6.07) is 8.74. The van der Waals surface area contributed by atoms with Gasteiger partial charge in [-0.15, -0.1) is 10.2 Å². The van der Waals surface area contributed by atoms with E-state index in [4.69, 9.17) is 0 Å². The number of carbonyl (C=O) groups excluding carboxylic acids is 1. The number of thioether (sulfide) groups is 1. The number of aromatic nitrogens is 3. The number of hydrogen-bond acceptors (Lipinski definition) is 8. The van der Waals surface area contributed by atoms with Gasteiger partial charge in [-0.05, 0) is 30.9 Å². The third kappa shape index (κ3) is 5.34. The summed E-state index contributed by atoms with van der Waals surface area (Å²) in [6.07, 6.45) is 1.59. The van der Waals surface area contributed by atoms with Crippen molar-refractivity contribution in [2.45, 2.75) is 30.5 Å². The van der Waals surface area contributed by atoms with E-state index in [1.54, 1.807) is 9.47 Å². The summed E-state index contributed by atoms with van der Waals surface area (Å²) in [5.41, 5.74) is 0.682. The largest absolute Gasteiger partial charge is 0.309 e. The maximum absolute atomic E-state index is 13.2. The third-order valence-corrected chi connectivity index (χ3v) is 10.5. The molecule has 2 fully saturated rings. The molecule has 1 aromatic carbocycles. The molecule has 2 aliphatic rings. The summed E-state index contributed by atoms with van der Waals surface area (Å²) in [4.78, 5) is 14.8. The summed E-state index contributed by atoms with van der Waals surface area (Å²) in [5.74, 6) is 1.10. The number of carbonyl (C=O) groups is 1. The summed E-state index contributed by atoms with van der Waals surface area (Å²) in [5, 5.41) is 8.95. The highest BCUT2D eigenvalue weighted by Crippen LogP contribution is 2.27. The van der Waals surface area contributed by atoms with Crippen molar-refractivity contribution in [2.24, 2.45) is 13.0 Å². The van der Waals surface area contributed by atoms with Crippen LogP contribution in [0.3, 0.4) is 0 Å². The van der Waals surface area contributed by atoms with Gasteiger partial charge in [0, 0.05) is 19.2 Å². The van der Waals surface area contributed by atoms with E-state index in [-0.39, 0.29) is 46.6 Å². The Bertz CT molecular complexity index is 1200. The first-order valence-corrected chi connectivity index (χ1v) is 15.1. The van der Waals surface area contributed by atoms with E-state index in [0.717, 1.165) is 0 Å². The average Bonchev–Trinajstić information content (AvgIpc) is 3.39. The fourth-order valence-corrected chi connectivity index (χ4v) is 8.61. The SMILES string of the molecule is Cn1c(C[C@H]2CCS(=O)(=O)C2)nnc1SCC(=O)N(c1ccccc1)[C@@H]1CCS(=O)(=O)C1. The standard InChI is InChI=1S/C20H26N4O5S3/c1-23-18(11-15-7-9-31(26,27)13-15)21-22-20(23)30-12-19(25)24(16-5-3-2-4-6-16)17-8-10-32(28,29)14-17/h2-6,15,17H,7-14H2,1H3/t15-,17-/m1/s1. The second-order valence-corrected chi connectivity index (χ2v) is 13.8. The highest BCUT2D eigenvalue weighted by molar-refractivity contribution is 7.99. The summed E-state index contributed by atoms with van der Waals surface area (Å²) in [6.45, 7) is 0. The second-order valence-electron chi connectivity index (χ2n) is 8.38. The van der Waals surface area contributed by atoms with Gasteiger partial charge in [0.1, 0.15) is 5.82 Å². The number of amides is 1. The monoisotopic (exact) mass is 498 g/mol. The quantitative estimate of drug-likeness (QED) is 0.521. The lowest BCUT2D eigenvalue weighted by Crippen LogP contribution is -2.42. The van der Waals surface area contributed by atoms with E-state index in [0.29, 0.717) is 35.9 Å². The van der Waals surface area contributed by atoms with E-state index in [1.165, 1.54) is 11.8 Å². The lowest BCUT2D eigenvalue weighted by atomic mass is 10.1. The maximum atomic E-state index is 13.2. The fourth-order valence-electron chi connectivity index (χ4n) is 4.26. The number of sulfone groups is 2. The zero-order chi connectivity index (χ0) is 22.9. The van der Waals surface area contributed by atoms with Gasteiger partial charge in [-0.3, -0.25) is 4.79 Å². The van der Waals surface area contributed by atoms with Crippen molar-refractivity contribution >= 4 is 43.0 Å². The molecule has 2 saturated heterocycles. The molecule has 9 nitrogen and oxygen atoms in total. The molecule has 32 heavy (non-hydrogen) atoms. The first-order chi connectivity index (χ1) is 15.1. The van der Waals surface area contributed by atoms with Crippen molar-refractivity contribution < 1.29 is 21.6 Å². The van der Waals surface area contributed by atoms with Gasteiger partial charge in [-0.25, -0.2) is 16.8 Å². The van der Waals surface area contributed by atoms with Crippen molar-refractivity contribution in [3.05, 3.63) is 36.2 Å². The molecule has 2 aliphatic heterocycles. The Morgan fingerprint density at radius 3 is 2.38 bits per heavy atom. The highest BCUT2D eigenvalue weighted by atomic mass is 32.2. The van der Waals surface area contributed by atoms with Crippen LogP contribution in [0.5, 0.6) is 0 Å².